The van der Waals surface area contributed by atoms with Crippen molar-refractivity contribution in [2.24, 2.45) is 11.8 Å². The van der Waals surface area contributed by atoms with Crippen LogP contribution in [0.4, 0.5) is 0 Å². The molecule has 23 heavy (non-hydrogen) atoms. The Hall–Kier alpha value is -1.06. The molecule has 1 fully saturated rings. The van der Waals surface area contributed by atoms with Gasteiger partial charge in [0, 0.05) is 12.0 Å². The highest BCUT2D eigenvalue weighted by Crippen LogP contribution is 2.20. The van der Waals surface area contributed by atoms with Gasteiger partial charge in [0.05, 0.1) is 6.04 Å². The lowest BCUT2D eigenvalue weighted by molar-refractivity contribution is -0.126. The van der Waals surface area contributed by atoms with Crippen LogP contribution in [0.25, 0.3) is 0 Å². The summed E-state index contributed by atoms with van der Waals surface area (Å²) in [7, 11) is 0. The van der Waals surface area contributed by atoms with Crippen LogP contribution in [0.3, 0.4) is 0 Å². The van der Waals surface area contributed by atoms with Crippen LogP contribution in [0.15, 0.2) is 24.3 Å². The number of benzene rings is 1. The van der Waals surface area contributed by atoms with Gasteiger partial charge in [-0.1, -0.05) is 38.1 Å². The van der Waals surface area contributed by atoms with Gasteiger partial charge in [-0.2, -0.15) is 0 Å². The van der Waals surface area contributed by atoms with E-state index in [0.29, 0.717) is 12.0 Å². The fourth-order valence-corrected chi connectivity index (χ4v) is 3.20. The van der Waals surface area contributed by atoms with E-state index in [1.807, 2.05) is 0 Å². The summed E-state index contributed by atoms with van der Waals surface area (Å²) in [5.74, 6) is 1.02. The van der Waals surface area contributed by atoms with Crippen LogP contribution in [-0.4, -0.2) is 18.5 Å². The molecule has 0 saturated carbocycles. The smallest absolute Gasteiger partial charge is 0.223 e. The number of hydrogen-bond acceptors (Lipinski definition) is 2. The van der Waals surface area contributed by atoms with Crippen LogP contribution in [0.2, 0.25) is 0 Å². The largest absolute Gasteiger partial charge is 0.349 e. The molecule has 4 heteroatoms. The average Bonchev–Trinajstić information content (AvgIpc) is 2.47. The minimum Gasteiger partial charge on any atom is -0.349 e. The standard InChI is InChI=1S/C19H30N2O.ClH/c1-13(2)11-16-5-7-17(8-6-16)15(4)21-19(22)18-9-10-20-14(3)12-18;/h5-8,13-15,18,20H,9-12H2,1-4H3,(H,21,22);1H/t14-,15?,18-;/m0./s1. The van der Waals surface area contributed by atoms with E-state index in [9.17, 15) is 4.79 Å². The van der Waals surface area contributed by atoms with Crippen molar-refractivity contribution in [1.82, 2.24) is 10.6 Å². The van der Waals surface area contributed by atoms with Crippen LogP contribution in [0, 0.1) is 11.8 Å². The average molecular weight is 339 g/mol. The SMILES string of the molecule is CC(C)Cc1ccc(C(C)NC(=O)[C@H]2CCN[C@@H](C)C2)cc1.Cl. The molecule has 2 N–H and O–H groups in total. The van der Waals surface area contributed by atoms with E-state index in [2.05, 4.69) is 62.6 Å². The minimum absolute atomic E-state index is 0. The number of halogens is 1. The Morgan fingerprint density at radius 2 is 1.91 bits per heavy atom. The molecule has 1 saturated heterocycles. The molecule has 130 valence electrons. The van der Waals surface area contributed by atoms with Crippen LogP contribution >= 0.6 is 12.4 Å². The Morgan fingerprint density at radius 1 is 1.26 bits per heavy atom. The summed E-state index contributed by atoms with van der Waals surface area (Å²) >= 11 is 0. The van der Waals surface area contributed by atoms with Gasteiger partial charge in [0.15, 0.2) is 0 Å². The Kier molecular flexibility index (Phi) is 8.07. The molecule has 1 heterocycles. The highest BCUT2D eigenvalue weighted by Gasteiger charge is 2.25. The summed E-state index contributed by atoms with van der Waals surface area (Å²) in [5.41, 5.74) is 2.55. The summed E-state index contributed by atoms with van der Waals surface area (Å²) in [6.07, 6.45) is 2.98. The first-order valence-electron chi connectivity index (χ1n) is 8.58. The zero-order valence-electron chi connectivity index (χ0n) is 14.8. The number of carbonyl (C=O) groups is 1. The molecule has 1 amide bonds. The zero-order valence-corrected chi connectivity index (χ0v) is 15.6. The van der Waals surface area contributed by atoms with Crippen molar-refractivity contribution in [3.63, 3.8) is 0 Å². The number of hydrogen-bond donors (Lipinski definition) is 2. The third-order valence-electron chi connectivity index (χ3n) is 4.48. The van der Waals surface area contributed by atoms with E-state index < -0.39 is 0 Å². The van der Waals surface area contributed by atoms with Crippen molar-refractivity contribution in [2.75, 3.05) is 6.54 Å². The second kappa shape index (κ2) is 9.29. The zero-order chi connectivity index (χ0) is 16.1. The number of nitrogens with one attached hydrogen (secondary N) is 2. The maximum atomic E-state index is 12.4. The first-order valence-corrected chi connectivity index (χ1v) is 8.58. The molecular weight excluding hydrogens is 308 g/mol. The molecule has 0 aliphatic carbocycles. The molecule has 3 nitrogen and oxygen atoms in total. The van der Waals surface area contributed by atoms with Crippen molar-refractivity contribution in [2.45, 2.75) is 59.0 Å². The van der Waals surface area contributed by atoms with Gasteiger partial charge >= 0.3 is 0 Å². The lowest BCUT2D eigenvalue weighted by Gasteiger charge is -2.28. The summed E-state index contributed by atoms with van der Waals surface area (Å²) in [6.45, 7) is 9.63. The Morgan fingerprint density at radius 3 is 2.48 bits per heavy atom. The van der Waals surface area contributed by atoms with E-state index in [1.54, 1.807) is 0 Å². The minimum atomic E-state index is 0. The van der Waals surface area contributed by atoms with Crippen molar-refractivity contribution >= 4 is 18.3 Å². The van der Waals surface area contributed by atoms with Crippen LogP contribution in [0.5, 0.6) is 0 Å². The molecule has 2 rings (SSSR count). The Labute approximate surface area is 147 Å². The van der Waals surface area contributed by atoms with Crippen molar-refractivity contribution in [3.05, 3.63) is 35.4 Å². The second-order valence-corrected chi connectivity index (χ2v) is 7.15. The third-order valence-corrected chi connectivity index (χ3v) is 4.48. The third kappa shape index (κ3) is 6.15. The van der Waals surface area contributed by atoms with Crippen LogP contribution in [-0.2, 0) is 11.2 Å². The molecule has 0 spiro atoms. The van der Waals surface area contributed by atoms with Gasteiger partial charge in [-0.3, -0.25) is 4.79 Å². The normalized spacial score (nSPS) is 22.3. The molecule has 1 aliphatic rings. The van der Waals surface area contributed by atoms with Crippen molar-refractivity contribution in [1.29, 1.82) is 0 Å². The van der Waals surface area contributed by atoms with Gasteiger partial charge < -0.3 is 10.6 Å². The molecular formula is C19H31ClN2O. The molecule has 1 unspecified atom stereocenters. The molecule has 1 aromatic carbocycles. The number of rotatable bonds is 5. The topological polar surface area (TPSA) is 41.1 Å². The molecule has 0 bridgehead atoms. The summed E-state index contributed by atoms with van der Waals surface area (Å²) in [5, 5.41) is 6.57. The molecule has 3 atom stereocenters. The monoisotopic (exact) mass is 338 g/mol. The van der Waals surface area contributed by atoms with Crippen molar-refractivity contribution < 1.29 is 4.79 Å². The molecule has 1 aliphatic heterocycles. The van der Waals surface area contributed by atoms with Gasteiger partial charge in [-0.25, -0.2) is 0 Å². The van der Waals surface area contributed by atoms with Gasteiger partial charge in [0.25, 0.3) is 0 Å². The fourth-order valence-electron chi connectivity index (χ4n) is 3.20. The maximum absolute atomic E-state index is 12.4. The first-order chi connectivity index (χ1) is 10.5. The number of piperidine rings is 1. The summed E-state index contributed by atoms with van der Waals surface area (Å²) in [6, 6.07) is 9.18. The van der Waals surface area contributed by atoms with Crippen LogP contribution in [0.1, 0.15) is 57.7 Å². The fraction of sp³-hybridized carbons (Fsp3) is 0.632. The van der Waals surface area contributed by atoms with E-state index in [-0.39, 0.29) is 30.3 Å². The van der Waals surface area contributed by atoms with E-state index in [0.717, 1.165) is 25.8 Å². The predicted octanol–water partition coefficient (Wildman–Crippen LogP) is 3.87. The maximum Gasteiger partial charge on any atom is 0.223 e. The molecule has 0 aromatic heterocycles. The lowest BCUT2D eigenvalue weighted by Crippen LogP contribution is -2.42. The Balaban J connectivity index is 0.00000264. The summed E-state index contributed by atoms with van der Waals surface area (Å²) < 4.78 is 0. The molecule has 0 radical (unpaired) electrons. The van der Waals surface area contributed by atoms with E-state index in [4.69, 9.17) is 0 Å². The van der Waals surface area contributed by atoms with Gasteiger partial charge in [-0.15, -0.1) is 12.4 Å². The quantitative estimate of drug-likeness (QED) is 0.855. The number of amides is 1. The Bertz CT molecular complexity index is 487. The molecule has 1 aromatic rings. The van der Waals surface area contributed by atoms with Crippen LogP contribution < -0.4 is 10.6 Å². The first kappa shape index (κ1) is 20.0. The highest BCUT2D eigenvalue weighted by atomic mass is 35.5. The summed E-state index contributed by atoms with van der Waals surface area (Å²) in [4.78, 5) is 12.4. The van der Waals surface area contributed by atoms with Gasteiger partial charge in [0.1, 0.15) is 0 Å². The van der Waals surface area contributed by atoms with E-state index in [1.165, 1.54) is 11.1 Å². The number of carbonyl (C=O) groups excluding carboxylic acids is 1. The second-order valence-electron chi connectivity index (χ2n) is 7.15. The lowest BCUT2D eigenvalue weighted by atomic mass is 9.92. The highest BCUT2D eigenvalue weighted by molar-refractivity contribution is 5.85. The van der Waals surface area contributed by atoms with E-state index >= 15 is 0 Å². The predicted molar refractivity (Wildman–Crippen MR) is 99.0 cm³/mol. The van der Waals surface area contributed by atoms with Gasteiger partial charge in [0.2, 0.25) is 5.91 Å². The van der Waals surface area contributed by atoms with Crippen molar-refractivity contribution in [3.8, 4) is 0 Å². The van der Waals surface area contributed by atoms with Gasteiger partial charge in [-0.05, 0) is 56.7 Å².